The van der Waals surface area contributed by atoms with Gasteiger partial charge in [-0.25, -0.2) is 0 Å². The van der Waals surface area contributed by atoms with E-state index in [1.807, 2.05) is 6.92 Å². The zero-order valence-electron chi connectivity index (χ0n) is 10.6. The van der Waals surface area contributed by atoms with Crippen molar-refractivity contribution in [3.05, 3.63) is 11.4 Å². The predicted molar refractivity (Wildman–Crippen MR) is 64.4 cm³/mol. The minimum atomic E-state index is 0.554. The third kappa shape index (κ3) is 2.18. The molecule has 0 N–H and O–H groups in total. The highest BCUT2D eigenvalue weighted by Crippen LogP contribution is 2.38. The number of nitrogens with zero attached hydrogens (tertiary/aromatic N) is 2. The normalized spacial score (nSPS) is 24.2. The van der Waals surface area contributed by atoms with Crippen LogP contribution in [0.5, 0.6) is 5.75 Å². The Hall–Kier alpha value is -1.03. The van der Waals surface area contributed by atoms with Gasteiger partial charge in [0, 0.05) is 12.5 Å². The van der Waals surface area contributed by atoms with Crippen LogP contribution in [-0.4, -0.2) is 29.6 Å². The van der Waals surface area contributed by atoms with Gasteiger partial charge >= 0.3 is 0 Å². The highest BCUT2D eigenvalue weighted by Gasteiger charge is 2.28. The van der Waals surface area contributed by atoms with Gasteiger partial charge in [0.15, 0.2) is 5.75 Å². The summed E-state index contributed by atoms with van der Waals surface area (Å²) in [6.07, 6.45) is 3.64. The van der Waals surface area contributed by atoms with Crippen LogP contribution in [0.2, 0.25) is 0 Å². The van der Waals surface area contributed by atoms with E-state index in [1.54, 1.807) is 0 Å². The zero-order valence-corrected chi connectivity index (χ0v) is 10.6. The van der Waals surface area contributed by atoms with Gasteiger partial charge in [0.1, 0.15) is 5.69 Å². The van der Waals surface area contributed by atoms with Crippen molar-refractivity contribution in [3.63, 3.8) is 0 Å². The Kier molecular flexibility index (Phi) is 2.82. The predicted octanol–water partition coefficient (Wildman–Crippen LogP) is 2.25. The second-order valence-electron chi connectivity index (χ2n) is 5.22. The van der Waals surface area contributed by atoms with E-state index in [2.05, 4.69) is 16.7 Å². The van der Waals surface area contributed by atoms with Crippen LogP contribution in [0.25, 0.3) is 0 Å². The number of aryl methyl sites for hydroxylation is 1. The fraction of sp³-hybridized carbons (Fsp3) is 0.769. The molecule has 2 aliphatic rings. The van der Waals surface area contributed by atoms with Crippen LogP contribution in [0.3, 0.4) is 0 Å². The Bertz CT molecular complexity index is 404. The van der Waals surface area contributed by atoms with Crippen LogP contribution < -0.4 is 4.74 Å². The third-order valence-corrected chi connectivity index (χ3v) is 3.64. The molecule has 0 unspecified atom stereocenters. The molecule has 3 rings (SSSR count). The molecule has 1 aromatic heterocycles. The first-order valence-corrected chi connectivity index (χ1v) is 6.52. The van der Waals surface area contributed by atoms with Crippen LogP contribution in [0.1, 0.15) is 36.7 Å². The minimum absolute atomic E-state index is 0.554. The van der Waals surface area contributed by atoms with Gasteiger partial charge < -0.3 is 9.47 Å². The van der Waals surface area contributed by atoms with Crippen LogP contribution in [0.15, 0.2) is 0 Å². The Labute approximate surface area is 102 Å². The van der Waals surface area contributed by atoms with Crippen molar-refractivity contribution < 1.29 is 9.47 Å². The lowest BCUT2D eigenvalue weighted by molar-refractivity contribution is 0.166. The smallest absolute Gasteiger partial charge is 0.163 e. The zero-order chi connectivity index (χ0) is 11.8. The molecule has 1 saturated carbocycles. The van der Waals surface area contributed by atoms with Gasteiger partial charge in [-0.3, -0.25) is 4.68 Å². The van der Waals surface area contributed by atoms with E-state index in [0.717, 1.165) is 37.7 Å². The second-order valence-corrected chi connectivity index (χ2v) is 5.22. The van der Waals surface area contributed by atoms with Gasteiger partial charge in [-0.1, -0.05) is 0 Å². The molecule has 4 heteroatoms. The first kappa shape index (κ1) is 11.1. The molecule has 0 radical (unpaired) electrons. The summed E-state index contributed by atoms with van der Waals surface area (Å²) in [7, 11) is 0. The molecular weight excluding hydrogens is 216 g/mol. The van der Waals surface area contributed by atoms with Crippen molar-refractivity contribution in [3.8, 4) is 5.75 Å². The summed E-state index contributed by atoms with van der Waals surface area (Å²) in [5, 5.41) is 4.58. The van der Waals surface area contributed by atoms with E-state index in [1.165, 1.54) is 18.5 Å². The van der Waals surface area contributed by atoms with Gasteiger partial charge in [0.25, 0.3) is 0 Å². The SMILES string of the molecule is Cc1nn(C2CC2)c(C)c1OC[C@H]1CCOC1. The topological polar surface area (TPSA) is 36.3 Å². The first-order chi connectivity index (χ1) is 8.25. The highest BCUT2D eigenvalue weighted by molar-refractivity contribution is 5.32. The molecule has 2 heterocycles. The molecule has 0 amide bonds. The summed E-state index contributed by atoms with van der Waals surface area (Å²) >= 11 is 0. The summed E-state index contributed by atoms with van der Waals surface area (Å²) in [5.74, 6) is 1.54. The molecule has 0 spiro atoms. The quantitative estimate of drug-likeness (QED) is 0.804. The fourth-order valence-corrected chi connectivity index (χ4v) is 2.45. The average Bonchev–Trinajstić information content (AvgIpc) is 2.95. The minimum Gasteiger partial charge on any atom is -0.489 e. The number of rotatable bonds is 4. The number of ether oxygens (including phenoxy) is 2. The number of hydrogen-bond donors (Lipinski definition) is 0. The molecular formula is C13H20N2O2. The maximum atomic E-state index is 5.95. The van der Waals surface area contributed by atoms with Crippen molar-refractivity contribution in [1.82, 2.24) is 9.78 Å². The van der Waals surface area contributed by atoms with Gasteiger partial charge in [0.2, 0.25) is 0 Å². The van der Waals surface area contributed by atoms with Crippen LogP contribution in [-0.2, 0) is 4.74 Å². The van der Waals surface area contributed by atoms with Crippen molar-refractivity contribution in [1.29, 1.82) is 0 Å². The molecule has 1 aromatic rings. The highest BCUT2D eigenvalue weighted by atomic mass is 16.5. The van der Waals surface area contributed by atoms with E-state index >= 15 is 0 Å². The molecule has 4 nitrogen and oxygen atoms in total. The molecule has 17 heavy (non-hydrogen) atoms. The maximum Gasteiger partial charge on any atom is 0.163 e. The molecule has 0 bridgehead atoms. The van der Waals surface area contributed by atoms with Crippen molar-refractivity contribution in [2.24, 2.45) is 5.92 Å². The van der Waals surface area contributed by atoms with Gasteiger partial charge in [-0.2, -0.15) is 5.10 Å². The molecule has 1 saturated heterocycles. The Morgan fingerprint density at radius 2 is 2.18 bits per heavy atom. The maximum absolute atomic E-state index is 5.95. The van der Waals surface area contributed by atoms with E-state index in [-0.39, 0.29) is 0 Å². The number of hydrogen-bond acceptors (Lipinski definition) is 3. The lowest BCUT2D eigenvalue weighted by atomic mass is 10.1. The summed E-state index contributed by atoms with van der Waals surface area (Å²) in [6, 6.07) is 0.626. The van der Waals surface area contributed by atoms with Gasteiger partial charge in [-0.05, 0) is 33.1 Å². The van der Waals surface area contributed by atoms with E-state index < -0.39 is 0 Å². The Morgan fingerprint density at radius 1 is 1.35 bits per heavy atom. The average molecular weight is 236 g/mol. The van der Waals surface area contributed by atoms with E-state index in [4.69, 9.17) is 9.47 Å². The monoisotopic (exact) mass is 236 g/mol. The standard InChI is InChI=1S/C13H20N2O2/c1-9-13(17-8-11-5-6-16-7-11)10(2)15(14-9)12-3-4-12/h11-12H,3-8H2,1-2H3/t11-/m0/s1. The molecule has 1 atom stereocenters. The molecule has 2 fully saturated rings. The van der Waals surface area contributed by atoms with Crippen molar-refractivity contribution >= 4 is 0 Å². The van der Waals surface area contributed by atoms with Crippen LogP contribution in [0, 0.1) is 19.8 Å². The fourth-order valence-electron chi connectivity index (χ4n) is 2.45. The summed E-state index contributed by atoms with van der Waals surface area (Å²) in [6.45, 7) is 6.63. The number of aromatic nitrogens is 2. The largest absolute Gasteiger partial charge is 0.489 e. The van der Waals surface area contributed by atoms with E-state index in [0.29, 0.717) is 12.0 Å². The second kappa shape index (κ2) is 4.33. The van der Waals surface area contributed by atoms with Crippen LogP contribution >= 0.6 is 0 Å². The van der Waals surface area contributed by atoms with Gasteiger partial charge in [0.05, 0.1) is 24.9 Å². The molecule has 1 aliphatic heterocycles. The van der Waals surface area contributed by atoms with Crippen molar-refractivity contribution in [2.45, 2.75) is 39.2 Å². The Balaban J connectivity index is 1.68. The van der Waals surface area contributed by atoms with Crippen molar-refractivity contribution in [2.75, 3.05) is 19.8 Å². The molecule has 0 aromatic carbocycles. The molecule has 94 valence electrons. The summed E-state index contributed by atoms with van der Waals surface area (Å²) in [4.78, 5) is 0. The lowest BCUT2D eigenvalue weighted by Crippen LogP contribution is -2.12. The summed E-state index contributed by atoms with van der Waals surface area (Å²) in [5.41, 5.74) is 2.21. The Morgan fingerprint density at radius 3 is 2.82 bits per heavy atom. The van der Waals surface area contributed by atoms with Crippen LogP contribution in [0.4, 0.5) is 0 Å². The summed E-state index contributed by atoms with van der Waals surface area (Å²) < 4.78 is 13.4. The first-order valence-electron chi connectivity index (χ1n) is 6.52. The molecule has 1 aliphatic carbocycles. The van der Waals surface area contributed by atoms with E-state index in [9.17, 15) is 0 Å². The third-order valence-electron chi connectivity index (χ3n) is 3.64. The van der Waals surface area contributed by atoms with Gasteiger partial charge in [-0.15, -0.1) is 0 Å². The lowest BCUT2D eigenvalue weighted by Gasteiger charge is -2.10.